The lowest BCUT2D eigenvalue weighted by Crippen LogP contribution is -2.15. The van der Waals surface area contributed by atoms with E-state index < -0.39 is 0 Å². The van der Waals surface area contributed by atoms with Gasteiger partial charge >= 0.3 is 0 Å². The molecule has 5 heteroatoms. The minimum atomic E-state index is -0.122. The van der Waals surface area contributed by atoms with Gasteiger partial charge in [0, 0.05) is 10.5 Å². The number of nitrogen functional groups attached to an aromatic ring is 1. The van der Waals surface area contributed by atoms with Gasteiger partial charge in [0.25, 0.3) is 0 Å². The number of benzene rings is 2. The third-order valence-corrected chi connectivity index (χ3v) is 3.28. The highest BCUT2D eigenvalue weighted by Gasteiger charge is 2.08. The number of carbonyl (C=O) groups excluding carboxylic acids is 1. The number of hydrogen-bond donors (Lipinski definition) is 2. The molecule has 0 bridgehead atoms. The van der Waals surface area contributed by atoms with E-state index in [0.29, 0.717) is 17.1 Å². The van der Waals surface area contributed by atoms with Crippen molar-refractivity contribution in [2.24, 2.45) is 0 Å². The summed E-state index contributed by atoms with van der Waals surface area (Å²) in [5.74, 6) is 0.528. The molecular formula is C15H15BrN2O2. The average molecular weight is 335 g/mol. The van der Waals surface area contributed by atoms with Gasteiger partial charge in [-0.2, -0.15) is 0 Å². The zero-order valence-electron chi connectivity index (χ0n) is 11.0. The van der Waals surface area contributed by atoms with Crippen molar-refractivity contribution in [2.45, 2.75) is 6.42 Å². The molecule has 0 spiro atoms. The highest BCUT2D eigenvalue weighted by molar-refractivity contribution is 9.10. The summed E-state index contributed by atoms with van der Waals surface area (Å²) in [4.78, 5) is 12.0. The summed E-state index contributed by atoms with van der Waals surface area (Å²) in [5, 5.41) is 2.79. The highest BCUT2D eigenvalue weighted by Crippen LogP contribution is 2.24. The standard InChI is InChI=1S/C15H15BrN2O2/c1-20-12-5-6-13(17)14(9-12)18-15(19)8-10-3-2-4-11(16)7-10/h2-7,9H,8,17H2,1H3,(H,18,19). The number of ether oxygens (including phenoxy) is 1. The van der Waals surface area contributed by atoms with E-state index in [2.05, 4.69) is 21.2 Å². The van der Waals surface area contributed by atoms with Gasteiger partial charge in [-0.25, -0.2) is 0 Å². The first-order valence-electron chi connectivity index (χ1n) is 6.06. The van der Waals surface area contributed by atoms with Crippen LogP contribution in [-0.2, 0) is 11.2 Å². The molecule has 0 saturated carbocycles. The van der Waals surface area contributed by atoms with E-state index in [-0.39, 0.29) is 12.3 Å². The van der Waals surface area contributed by atoms with Crippen LogP contribution >= 0.6 is 15.9 Å². The molecule has 0 aliphatic heterocycles. The van der Waals surface area contributed by atoms with Crippen LogP contribution in [0.5, 0.6) is 5.75 Å². The number of rotatable bonds is 4. The van der Waals surface area contributed by atoms with Crippen molar-refractivity contribution in [1.29, 1.82) is 0 Å². The molecule has 0 atom stereocenters. The first-order chi connectivity index (χ1) is 9.58. The van der Waals surface area contributed by atoms with Crippen LogP contribution in [0.25, 0.3) is 0 Å². The molecule has 1 amide bonds. The predicted octanol–water partition coefficient (Wildman–Crippen LogP) is 3.22. The number of nitrogens with two attached hydrogens (primary N) is 1. The van der Waals surface area contributed by atoms with E-state index in [9.17, 15) is 4.79 Å². The van der Waals surface area contributed by atoms with E-state index in [1.54, 1.807) is 25.3 Å². The number of nitrogens with one attached hydrogen (secondary N) is 1. The Balaban J connectivity index is 2.08. The Hall–Kier alpha value is -2.01. The quantitative estimate of drug-likeness (QED) is 0.843. The van der Waals surface area contributed by atoms with Crippen molar-refractivity contribution < 1.29 is 9.53 Å². The van der Waals surface area contributed by atoms with Crippen LogP contribution in [-0.4, -0.2) is 13.0 Å². The summed E-state index contributed by atoms with van der Waals surface area (Å²) in [6.07, 6.45) is 0.288. The van der Waals surface area contributed by atoms with Crippen LogP contribution < -0.4 is 15.8 Å². The number of anilines is 2. The summed E-state index contributed by atoms with van der Waals surface area (Å²) in [5.41, 5.74) is 7.83. The van der Waals surface area contributed by atoms with Gasteiger partial charge in [-0.1, -0.05) is 28.1 Å². The minimum absolute atomic E-state index is 0.122. The van der Waals surface area contributed by atoms with Gasteiger partial charge in [0.2, 0.25) is 5.91 Å². The van der Waals surface area contributed by atoms with Crippen LogP contribution in [0.15, 0.2) is 46.9 Å². The highest BCUT2D eigenvalue weighted by atomic mass is 79.9. The fourth-order valence-corrected chi connectivity index (χ4v) is 2.24. The second-order valence-electron chi connectivity index (χ2n) is 4.31. The molecule has 0 saturated heterocycles. The molecule has 3 N–H and O–H groups in total. The van der Waals surface area contributed by atoms with Crippen molar-refractivity contribution in [1.82, 2.24) is 0 Å². The maximum Gasteiger partial charge on any atom is 0.228 e. The predicted molar refractivity (Wildman–Crippen MR) is 83.9 cm³/mol. The molecule has 0 aliphatic carbocycles. The Morgan fingerprint density at radius 1 is 1.30 bits per heavy atom. The van der Waals surface area contributed by atoms with Gasteiger partial charge in [-0.05, 0) is 29.8 Å². The van der Waals surface area contributed by atoms with Crippen LogP contribution in [0.3, 0.4) is 0 Å². The first-order valence-corrected chi connectivity index (χ1v) is 6.85. The Bertz CT molecular complexity index is 629. The average Bonchev–Trinajstić information content (AvgIpc) is 2.41. The normalized spacial score (nSPS) is 10.1. The summed E-state index contributed by atoms with van der Waals surface area (Å²) in [7, 11) is 1.57. The second kappa shape index (κ2) is 6.43. The largest absolute Gasteiger partial charge is 0.497 e. The van der Waals surface area contributed by atoms with E-state index in [1.165, 1.54) is 0 Å². The zero-order chi connectivity index (χ0) is 14.5. The van der Waals surface area contributed by atoms with Gasteiger partial charge in [-0.15, -0.1) is 0 Å². The van der Waals surface area contributed by atoms with Crippen molar-refractivity contribution in [3.63, 3.8) is 0 Å². The van der Waals surface area contributed by atoms with Crippen molar-refractivity contribution in [2.75, 3.05) is 18.2 Å². The maximum atomic E-state index is 12.0. The summed E-state index contributed by atoms with van der Waals surface area (Å²) in [6.45, 7) is 0. The topological polar surface area (TPSA) is 64.3 Å². The fraction of sp³-hybridized carbons (Fsp3) is 0.133. The van der Waals surface area contributed by atoms with Crippen LogP contribution in [0.2, 0.25) is 0 Å². The van der Waals surface area contributed by atoms with Crippen LogP contribution in [0, 0.1) is 0 Å². The smallest absolute Gasteiger partial charge is 0.228 e. The molecule has 0 radical (unpaired) electrons. The maximum absolute atomic E-state index is 12.0. The van der Waals surface area contributed by atoms with Crippen LogP contribution in [0.4, 0.5) is 11.4 Å². The van der Waals surface area contributed by atoms with Gasteiger partial charge in [-0.3, -0.25) is 4.79 Å². The summed E-state index contributed by atoms with van der Waals surface area (Å²) in [6, 6.07) is 12.8. The number of hydrogen-bond acceptors (Lipinski definition) is 3. The molecule has 104 valence electrons. The minimum Gasteiger partial charge on any atom is -0.497 e. The van der Waals surface area contributed by atoms with Gasteiger partial charge in [0.15, 0.2) is 0 Å². The number of carbonyl (C=O) groups is 1. The van der Waals surface area contributed by atoms with E-state index in [1.807, 2.05) is 24.3 Å². The van der Waals surface area contributed by atoms with E-state index in [4.69, 9.17) is 10.5 Å². The SMILES string of the molecule is COc1ccc(N)c(NC(=O)Cc2cccc(Br)c2)c1. The molecule has 2 rings (SSSR count). The molecule has 2 aromatic rings. The zero-order valence-corrected chi connectivity index (χ0v) is 12.6. The fourth-order valence-electron chi connectivity index (χ4n) is 1.80. The Kier molecular flexibility index (Phi) is 4.63. The lowest BCUT2D eigenvalue weighted by atomic mass is 10.1. The lowest BCUT2D eigenvalue weighted by Gasteiger charge is -2.10. The van der Waals surface area contributed by atoms with Gasteiger partial charge < -0.3 is 15.8 Å². The Morgan fingerprint density at radius 3 is 2.80 bits per heavy atom. The summed E-state index contributed by atoms with van der Waals surface area (Å²) >= 11 is 3.38. The van der Waals surface area contributed by atoms with Gasteiger partial charge in [0.1, 0.15) is 5.75 Å². The van der Waals surface area contributed by atoms with E-state index >= 15 is 0 Å². The molecule has 0 aromatic heterocycles. The number of halogens is 1. The van der Waals surface area contributed by atoms with Crippen molar-refractivity contribution >= 4 is 33.2 Å². The lowest BCUT2D eigenvalue weighted by molar-refractivity contribution is -0.115. The monoisotopic (exact) mass is 334 g/mol. The molecule has 2 aromatic carbocycles. The molecule has 0 unspecified atom stereocenters. The first kappa shape index (κ1) is 14.4. The molecule has 20 heavy (non-hydrogen) atoms. The Morgan fingerprint density at radius 2 is 2.10 bits per heavy atom. The molecule has 0 heterocycles. The molecule has 0 aliphatic rings. The summed E-state index contributed by atoms with van der Waals surface area (Å²) < 4.78 is 6.06. The third kappa shape index (κ3) is 3.74. The number of amides is 1. The third-order valence-electron chi connectivity index (χ3n) is 2.79. The Labute approximate surface area is 126 Å². The van der Waals surface area contributed by atoms with Crippen molar-refractivity contribution in [3.8, 4) is 5.75 Å². The molecule has 0 fully saturated rings. The molecule has 4 nitrogen and oxygen atoms in total. The van der Waals surface area contributed by atoms with Crippen molar-refractivity contribution in [3.05, 3.63) is 52.5 Å². The second-order valence-corrected chi connectivity index (χ2v) is 5.22. The van der Waals surface area contributed by atoms with Crippen LogP contribution in [0.1, 0.15) is 5.56 Å². The van der Waals surface area contributed by atoms with Gasteiger partial charge in [0.05, 0.1) is 24.9 Å². The number of methoxy groups -OCH3 is 1. The van der Waals surface area contributed by atoms with E-state index in [0.717, 1.165) is 10.0 Å². The molecular weight excluding hydrogens is 320 g/mol.